The number of thiazole rings is 1. The van der Waals surface area contributed by atoms with E-state index in [4.69, 9.17) is 11.6 Å². The molecule has 0 aliphatic carbocycles. The van der Waals surface area contributed by atoms with Crippen molar-refractivity contribution in [1.82, 2.24) is 4.98 Å². The predicted molar refractivity (Wildman–Crippen MR) is 91.2 cm³/mol. The molecule has 3 aromatic rings. The number of halogens is 1. The minimum atomic E-state index is -0.150. The molecule has 2 aromatic carbocycles. The van der Waals surface area contributed by atoms with E-state index in [1.165, 1.54) is 11.3 Å². The molecule has 0 radical (unpaired) electrons. The van der Waals surface area contributed by atoms with Gasteiger partial charge >= 0.3 is 0 Å². The van der Waals surface area contributed by atoms with Gasteiger partial charge in [-0.25, -0.2) is 4.98 Å². The van der Waals surface area contributed by atoms with Crippen molar-refractivity contribution in [2.24, 2.45) is 0 Å². The number of carbonyl (C=O) groups is 1. The number of hydrogen-bond acceptors (Lipinski definition) is 3. The second-order valence-electron chi connectivity index (χ2n) is 4.76. The van der Waals surface area contributed by atoms with Crippen molar-refractivity contribution in [3.05, 3.63) is 76.3 Å². The van der Waals surface area contributed by atoms with Crippen LogP contribution in [0.3, 0.4) is 0 Å². The molecule has 1 amide bonds. The average Bonchev–Trinajstić information content (AvgIpc) is 2.94. The number of amides is 1. The molecule has 0 spiro atoms. The van der Waals surface area contributed by atoms with Crippen molar-refractivity contribution in [2.45, 2.75) is 6.92 Å². The first kappa shape index (κ1) is 14.8. The first-order valence-electron chi connectivity index (χ1n) is 6.72. The third-order valence-corrected chi connectivity index (χ3v) is 4.27. The van der Waals surface area contributed by atoms with Gasteiger partial charge in [-0.15, -0.1) is 11.3 Å². The number of carbonyl (C=O) groups excluding carboxylic acids is 1. The molecule has 0 unspecified atom stereocenters. The third kappa shape index (κ3) is 3.03. The number of nitrogens with zero attached hydrogens (tertiary/aromatic N) is 2. The molecule has 0 bridgehead atoms. The Hall–Kier alpha value is -2.17. The zero-order valence-corrected chi connectivity index (χ0v) is 13.4. The summed E-state index contributed by atoms with van der Waals surface area (Å²) in [5, 5.41) is 3.11. The van der Waals surface area contributed by atoms with Crippen LogP contribution in [0.4, 0.5) is 10.8 Å². The van der Waals surface area contributed by atoms with Crippen LogP contribution in [0.5, 0.6) is 0 Å². The Labute approximate surface area is 137 Å². The van der Waals surface area contributed by atoms with Gasteiger partial charge in [0.15, 0.2) is 5.13 Å². The lowest BCUT2D eigenvalue weighted by Crippen LogP contribution is -2.25. The van der Waals surface area contributed by atoms with Gasteiger partial charge in [0.2, 0.25) is 0 Å². The number of rotatable bonds is 3. The van der Waals surface area contributed by atoms with Crippen LogP contribution in [0, 0.1) is 6.92 Å². The molecule has 3 nitrogen and oxygen atoms in total. The fourth-order valence-electron chi connectivity index (χ4n) is 2.09. The second kappa shape index (κ2) is 6.30. The molecule has 0 N–H and O–H groups in total. The van der Waals surface area contributed by atoms with Crippen molar-refractivity contribution < 1.29 is 4.79 Å². The van der Waals surface area contributed by atoms with Gasteiger partial charge < -0.3 is 0 Å². The van der Waals surface area contributed by atoms with Gasteiger partial charge in [0, 0.05) is 16.0 Å². The summed E-state index contributed by atoms with van der Waals surface area (Å²) in [5.41, 5.74) is 2.20. The van der Waals surface area contributed by atoms with Crippen LogP contribution < -0.4 is 4.90 Å². The lowest BCUT2D eigenvalue weighted by Gasteiger charge is -2.20. The summed E-state index contributed by atoms with van der Waals surface area (Å²) in [6.45, 7) is 1.91. The fourth-order valence-corrected chi connectivity index (χ4v) is 3.10. The van der Waals surface area contributed by atoms with Gasteiger partial charge in [0.1, 0.15) is 0 Å². The number of aryl methyl sites for hydroxylation is 1. The van der Waals surface area contributed by atoms with Crippen molar-refractivity contribution in [1.29, 1.82) is 0 Å². The highest BCUT2D eigenvalue weighted by molar-refractivity contribution is 7.14. The monoisotopic (exact) mass is 328 g/mol. The zero-order chi connectivity index (χ0) is 15.5. The zero-order valence-electron chi connectivity index (χ0n) is 11.9. The molecular weight excluding hydrogens is 316 g/mol. The number of anilines is 2. The maximum atomic E-state index is 12.9. The molecule has 0 atom stereocenters. The van der Waals surface area contributed by atoms with Crippen LogP contribution in [-0.4, -0.2) is 10.9 Å². The highest BCUT2D eigenvalue weighted by Gasteiger charge is 2.22. The minimum Gasteiger partial charge on any atom is -0.268 e. The predicted octanol–water partition coefficient (Wildman–Crippen LogP) is 5.08. The quantitative estimate of drug-likeness (QED) is 0.671. The van der Waals surface area contributed by atoms with E-state index in [1.807, 2.05) is 42.6 Å². The summed E-state index contributed by atoms with van der Waals surface area (Å²) in [6.07, 6.45) is 0. The van der Waals surface area contributed by atoms with Gasteiger partial charge in [0.05, 0.1) is 11.4 Å². The van der Waals surface area contributed by atoms with Crippen LogP contribution in [0.1, 0.15) is 16.1 Å². The van der Waals surface area contributed by atoms with E-state index in [0.29, 0.717) is 15.7 Å². The molecular formula is C17H13ClN2OS. The van der Waals surface area contributed by atoms with Crippen LogP contribution in [-0.2, 0) is 0 Å². The Morgan fingerprint density at radius 2 is 1.91 bits per heavy atom. The highest BCUT2D eigenvalue weighted by atomic mass is 35.5. The summed E-state index contributed by atoms with van der Waals surface area (Å²) in [5.74, 6) is -0.150. The second-order valence-corrected chi connectivity index (χ2v) is 6.03. The Balaban J connectivity index is 2.08. The molecule has 5 heteroatoms. The maximum Gasteiger partial charge on any atom is 0.264 e. The number of benzene rings is 2. The van der Waals surface area contributed by atoms with E-state index in [2.05, 4.69) is 4.98 Å². The van der Waals surface area contributed by atoms with Crippen LogP contribution in [0.15, 0.2) is 60.0 Å². The third-order valence-electron chi connectivity index (χ3n) is 3.09. The van der Waals surface area contributed by atoms with Crippen LogP contribution in [0.25, 0.3) is 0 Å². The molecule has 0 saturated carbocycles. The molecule has 0 fully saturated rings. The van der Waals surface area contributed by atoms with Crippen LogP contribution in [0.2, 0.25) is 5.02 Å². The van der Waals surface area contributed by atoms with E-state index in [1.54, 1.807) is 29.2 Å². The standard InChI is InChI=1S/C17H13ClN2OS/c1-12-11-22-17(19-12)20(15-8-3-2-4-9-15)16(21)13-6-5-7-14(18)10-13/h2-11H,1H3. The molecule has 110 valence electrons. The lowest BCUT2D eigenvalue weighted by molar-refractivity contribution is 0.0999. The first-order valence-corrected chi connectivity index (χ1v) is 7.98. The first-order chi connectivity index (χ1) is 10.6. The number of aromatic nitrogens is 1. The molecule has 0 aliphatic rings. The van der Waals surface area contributed by atoms with Gasteiger partial charge in [0.25, 0.3) is 5.91 Å². The molecule has 22 heavy (non-hydrogen) atoms. The average molecular weight is 329 g/mol. The lowest BCUT2D eigenvalue weighted by atomic mass is 10.2. The normalized spacial score (nSPS) is 10.5. The topological polar surface area (TPSA) is 33.2 Å². The van der Waals surface area contributed by atoms with E-state index in [9.17, 15) is 4.79 Å². The van der Waals surface area contributed by atoms with E-state index in [-0.39, 0.29) is 5.91 Å². The van der Waals surface area contributed by atoms with E-state index >= 15 is 0 Å². The van der Waals surface area contributed by atoms with Gasteiger partial charge in [-0.2, -0.15) is 0 Å². The van der Waals surface area contributed by atoms with Crippen LogP contribution >= 0.6 is 22.9 Å². The molecule has 3 rings (SSSR count). The van der Waals surface area contributed by atoms with Gasteiger partial charge in [-0.05, 0) is 37.3 Å². The maximum absolute atomic E-state index is 12.9. The van der Waals surface area contributed by atoms with Gasteiger partial charge in [-0.1, -0.05) is 35.9 Å². The summed E-state index contributed by atoms with van der Waals surface area (Å²) >= 11 is 7.45. The van der Waals surface area contributed by atoms with Crippen molar-refractivity contribution in [2.75, 3.05) is 4.90 Å². The Bertz CT molecular complexity index is 801. The Kier molecular flexibility index (Phi) is 4.22. The fraction of sp³-hybridized carbons (Fsp3) is 0.0588. The minimum absolute atomic E-state index is 0.150. The highest BCUT2D eigenvalue weighted by Crippen LogP contribution is 2.30. The SMILES string of the molecule is Cc1csc(N(C(=O)c2cccc(Cl)c2)c2ccccc2)n1. The van der Waals surface area contributed by atoms with E-state index < -0.39 is 0 Å². The molecule has 0 aliphatic heterocycles. The van der Waals surface area contributed by atoms with Crippen molar-refractivity contribution in [3.63, 3.8) is 0 Å². The largest absolute Gasteiger partial charge is 0.268 e. The number of hydrogen-bond donors (Lipinski definition) is 0. The molecule has 1 heterocycles. The molecule has 1 aromatic heterocycles. The van der Waals surface area contributed by atoms with Crippen molar-refractivity contribution >= 4 is 39.7 Å². The summed E-state index contributed by atoms with van der Waals surface area (Å²) in [6, 6.07) is 16.4. The van der Waals surface area contributed by atoms with E-state index in [0.717, 1.165) is 11.4 Å². The summed E-state index contributed by atoms with van der Waals surface area (Å²) in [7, 11) is 0. The van der Waals surface area contributed by atoms with Gasteiger partial charge in [-0.3, -0.25) is 9.69 Å². The smallest absolute Gasteiger partial charge is 0.264 e. The number of para-hydroxylation sites is 1. The van der Waals surface area contributed by atoms with Crippen molar-refractivity contribution in [3.8, 4) is 0 Å². The summed E-state index contributed by atoms with van der Waals surface area (Å²) < 4.78 is 0. The Morgan fingerprint density at radius 1 is 1.14 bits per heavy atom. The summed E-state index contributed by atoms with van der Waals surface area (Å²) in [4.78, 5) is 19.0. The Morgan fingerprint density at radius 3 is 2.55 bits per heavy atom. The molecule has 0 saturated heterocycles.